The fourth-order valence-corrected chi connectivity index (χ4v) is 3.17. The molecule has 28 heavy (non-hydrogen) atoms. The van der Waals surface area contributed by atoms with E-state index in [0.29, 0.717) is 17.8 Å². The zero-order chi connectivity index (χ0) is 19.1. The zero-order valence-electron chi connectivity index (χ0n) is 16.0. The third kappa shape index (κ3) is 5.58. The van der Waals surface area contributed by atoms with Crippen molar-refractivity contribution in [2.75, 3.05) is 51.2 Å². The predicted molar refractivity (Wildman–Crippen MR) is 111 cm³/mol. The third-order valence-corrected chi connectivity index (χ3v) is 4.69. The van der Waals surface area contributed by atoms with Gasteiger partial charge in [-0.15, -0.1) is 12.4 Å². The Hall–Kier alpha value is -2.35. The molecule has 1 fully saturated rings. The second-order valence-corrected chi connectivity index (χ2v) is 6.56. The van der Waals surface area contributed by atoms with Crippen LogP contribution in [-0.2, 0) is 0 Å². The SMILES string of the molecule is CN(C(=O)c1ccco1)c1ccccc1C(=O)NCCCN1CCNCC1.Cl. The number of furan rings is 1. The molecule has 0 saturated carbocycles. The van der Waals surface area contributed by atoms with Crippen molar-refractivity contribution in [3.8, 4) is 0 Å². The van der Waals surface area contributed by atoms with E-state index < -0.39 is 0 Å². The minimum atomic E-state index is -0.293. The van der Waals surface area contributed by atoms with Crippen molar-refractivity contribution in [3.05, 3.63) is 54.0 Å². The molecule has 0 atom stereocenters. The highest BCUT2D eigenvalue weighted by Crippen LogP contribution is 2.21. The lowest BCUT2D eigenvalue weighted by Crippen LogP contribution is -2.44. The molecule has 0 radical (unpaired) electrons. The summed E-state index contributed by atoms with van der Waals surface area (Å²) in [6.07, 6.45) is 2.35. The van der Waals surface area contributed by atoms with Crippen LogP contribution >= 0.6 is 12.4 Å². The summed E-state index contributed by atoms with van der Waals surface area (Å²) in [5.74, 6) is -0.229. The highest BCUT2D eigenvalue weighted by Gasteiger charge is 2.21. The van der Waals surface area contributed by atoms with E-state index in [-0.39, 0.29) is 30.0 Å². The Bertz CT molecular complexity index is 761. The summed E-state index contributed by atoms with van der Waals surface area (Å²) in [6, 6.07) is 10.4. The van der Waals surface area contributed by atoms with Gasteiger partial charge in [0, 0.05) is 39.8 Å². The lowest BCUT2D eigenvalue weighted by molar-refractivity contribution is 0.0951. The molecule has 2 aromatic rings. The van der Waals surface area contributed by atoms with Gasteiger partial charge in [-0.05, 0) is 37.2 Å². The number of hydrogen-bond donors (Lipinski definition) is 2. The van der Waals surface area contributed by atoms with Crippen LogP contribution in [0.4, 0.5) is 5.69 Å². The lowest BCUT2D eigenvalue weighted by atomic mass is 10.1. The number of rotatable bonds is 7. The highest BCUT2D eigenvalue weighted by atomic mass is 35.5. The number of benzene rings is 1. The highest BCUT2D eigenvalue weighted by molar-refractivity contribution is 6.09. The number of amides is 2. The second-order valence-electron chi connectivity index (χ2n) is 6.56. The maximum Gasteiger partial charge on any atom is 0.293 e. The van der Waals surface area contributed by atoms with Crippen LogP contribution in [0.3, 0.4) is 0 Å². The number of para-hydroxylation sites is 1. The minimum absolute atomic E-state index is 0. The first kappa shape index (κ1) is 21.9. The van der Waals surface area contributed by atoms with Gasteiger partial charge in [0.05, 0.1) is 17.5 Å². The molecule has 1 aromatic carbocycles. The summed E-state index contributed by atoms with van der Waals surface area (Å²) in [5, 5.41) is 6.30. The van der Waals surface area contributed by atoms with Crippen LogP contribution in [-0.4, -0.2) is 63.0 Å². The number of piperazine rings is 1. The van der Waals surface area contributed by atoms with Crippen molar-refractivity contribution in [1.29, 1.82) is 0 Å². The number of nitrogens with zero attached hydrogens (tertiary/aromatic N) is 2. The maximum absolute atomic E-state index is 12.6. The summed E-state index contributed by atoms with van der Waals surface area (Å²) in [6.45, 7) is 5.73. The van der Waals surface area contributed by atoms with Crippen molar-refractivity contribution in [2.24, 2.45) is 0 Å². The second kappa shape index (κ2) is 10.8. The van der Waals surface area contributed by atoms with E-state index in [1.54, 1.807) is 37.4 Å². The summed E-state index contributed by atoms with van der Waals surface area (Å²) in [7, 11) is 1.64. The lowest BCUT2D eigenvalue weighted by Gasteiger charge is -2.27. The van der Waals surface area contributed by atoms with Crippen molar-refractivity contribution in [3.63, 3.8) is 0 Å². The molecule has 0 aliphatic carbocycles. The third-order valence-electron chi connectivity index (χ3n) is 4.69. The summed E-state index contributed by atoms with van der Waals surface area (Å²) < 4.78 is 5.17. The fraction of sp³-hybridized carbons (Fsp3) is 0.400. The number of carbonyl (C=O) groups excluding carboxylic acids is 2. The first-order valence-corrected chi connectivity index (χ1v) is 9.28. The van der Waals surface area contributed by atoms with Crippen LogP contribution in [0.1, 0.15) is 27.3 Å². The molecule has 152 valence electrons. The van der Waals surface area contributed by atoms with Gasteiger partial charge in [-0.2, -0.15) is 0 Å². The number of halogens is 1. The van der Waals surface area contributed by atoms with E-state index in [1.807, 2.05) is 6.07 Å². The largest absolute Gasteiger partial charge is 0.459 e. The average Bonchev–Trinajstić information content (AvgIpc) is 3.25. The van der Waals surface area contributed by atoms with Crippen molar-refractivity contribution < 1.29 is 14.0 Å². The Labute approximate surface area is 171 Å². The van der Waals surface area contributed by atoms with Crippen LogP contribution in [0, 0.1) is 0 Å². The molecule has 2 N–H and O–H groups in total. The van der Waals surface area contributed by atoms with E-state index in [2.05, 4.69) is 15.5 Å². The molecule has 0 unspecified atom stereocenters. The molecule has 2 amide bonds. The zero-order valence-corrected chi connectivity index (χ0v) is 16.8. The molecule has 1 saturated heterocycles. The van der Waals surface area contributed by atoms with Gasteiger partial charge >= 0.3 is 0 Å². The van der Waals surface area contributed by atoms with Crippen molar-refractivity contribution in [1.82, 2.24) is 15.5 Å². The van der Waals surface area contributed by atoms with Crippen LogP contribution in [0.25, 0.3) is 0 Å². The van der Waals surface area contributed by atoms with Gasteiger partial charge in [0.15, 0.2) is 5.76 Å². The van der Waals surface area contributed by atoms with E-state index >= 15 is 0 Å². The Morgan fingerprint density at radius 1 is 1.18 bits per heavy atom. The first-order chi connectivity index (χ1) is 13.2. The van der Waals surface area contributed by atoms with E-state index in [1.165, 1.54) is 11.2 Å². The predicted octanol–water partition coefficient (Wildman–Crippen LogP) is 2.00. The Balaban J connectivity index is 0.00000280. The topological polar surface area (TPSA) is 77.8 Å². The normalized spacial score (nSPS) is 14.2. The summed E-state index contributed by atoms with van der Waals surface area (Å²) >= 11 is 0. The van der Waals surface area contributed by atoms with Gasteiger partial charge in [-0.3, -0.25) is 9.59 Å². The van der Waals surface area contributed by atoms with Crippen molar-refractivity contribution in [2.45, 2.75) is 6.42 Å². The van der Waals surface area contributed by atoms with Gasteiger partial charge in [0.1, 0.15) is 0 Å². The molecule has 1 aromatic heterocycles. The number of anilines is 1. The van der Waals surface area contributed by atoms with Gasteiger partial charge in [-0.25, -0.2) is 0 Å². The van der Waals surface area contributed by atoms with Crippen LogP contribution in [0.5, 0.6) is 0 Å². The fourth-order valence-electron chi connectivity index (χ4n) is 3.17. The number of hydrogen-bond acceptors (Lipinski definition) is 5. The summed E-state index contributed by atoms with van der Waals surface area (Å²) in [4.78, 5) is 29.0. The first-order valence-electron chi connectivity index (χ1n) is 9.28. The standard InChI is InChI=1S/C20H26N4O3.ClH/c1-23(20(26)18-8-4-15-27-18)17-7-3-2-6-16(17)19(25)22-9-5-12-24-13-10-21-11-14-24;/h2-4,6-8,15,21H,5,9-14H2,1H3,(H,22,25);1H. The van der Waals surface area contributed by atoms with E-state index in [0.717, 1.165) is 39.1 Å². The smallest absolute Gasteiger partial charge is 0.293 e. The molecule has 7 nitrogen and oxygen atoms in total. The molecule has 0 bridgehead atoms. The van der Waals surface area contributed by atoms with E-state index in [4.69, 9.17) is 4.42 Å². The molecular formula is C20H27ClN4O3. The molecular weight excluding hydrogens is 380 g/mol. The molecule has 8 heteroatoms. The molecule has 0 spiro atoms. The Kier molecular flexibility index (Phi) is 8.50. The summed E-state index contributed by atoms with van der Waals surface area (Å²) in [5.41, 5.74) is 1.03. The molecule has 2 heterocycles. The van der Waals surface area contributed by atoms with Gasteiger partial charge < -0.3 is 24.9 Å². The van der Waals surface area contributed by atoms with Crippen LogP contribution < -0.4 is 15.5 Å². The Morgan fingerprint density at radius 2 is 1.93 bits per heavy atom. The van der Waals surface area contributed by atoms with Crippen LogP contribution in [0.2, 0.25) is 0 Å². The monoisotopic (exact) mass is 406 g/mol. The van der Waals surface area contributed by atoms with E-state index in [9.17, 15) is 9.59 Å². The average molecular weight is 407 g/mol. The van der Waals surface area contributed by atoms with Crippen molar-refractivity contribution >= 4 is 29.9 Å². The van der Waals surface area contributed by atoms with Crippen LogP contribution in [0.15, 0.2) is 47.1 Å². The maximum atomic E-state index is 12.6. The molecule has 1 aliphatic heterocycles. The van der Waals surface area contributed by atoms with Gasteiger partial charge in [0.25, 0.3) is 11.8 Å². The number of nitrogens with one attached hydrogen (secondary N) is 2. The van der Waals surface area contributed by atoms with Gasteiger partial charge in [-0.1, -0.05) is 12.1 Å². The molecule has 3 rings (SSSR count). The number of carbonyl (C=O) groups is 2. The van der Waals surface area contributed by atoms with Gasteiger partial charge in [0.2, 0.25) is 0 Å². The molecule has 1 aliphatic rings. The minimum Gasteiger partial charge on any atom is -0.459 e. The Morgan fingerprint density at radius 3 is 2.64 bits per heavy atom. The quantitative estimate of drug-likeness (QED) is 0.688.